The number of carbonyl (C=O) groups is 1. The zero-order chi connectivity index (χ0) is 18.2. The molecule has 1 N–H and O–H groups in total. The number of carbonyl (C=O) groups excluding carboxylic acids is 1. The third-order valence-electron chi connectivity index (χ3n) is 4.63. The van der Waals surface area contributed by atoms with Crippen LogP contribution in [0.3, 0.4) is 0 Å². The second-order valence-electron chi connectivity index (χ2n) is 6.39. The number of benzene rings is 3. The summed E-state index contributed by atoms with van der Waals surface area (Å²) in [5.41, 5.74) is 3.89. The summed E-state index contributed by atoms with van der Waals surface area (Å²) in [4.78, 5) is 20.1. The molecule has 2 atom stereocenters. The average molecular weight is 389 g/mol. The van der Waals surface area contributed by atoms with Crippen molar-refractivity contribution in [1.29, 1.82) is 0 Å². The number of hydrogen-bond donors (Lipinski definition) is 1. The van der Waals surface area contributed by atoms with Gasteiger partial charge in [0.15, 0.2) is 0 Å². The molecule has 5 heteroatoms. The van der Waals surface area contributed by atoms with E-state index in [0.29, 0.717) is 0 Å². The van der Waals surface area contributed by atoms with Crippen molar-refractivity contribution in [3.8, 4) is 0 Å². The van der Waals surface area contributed by atoms with Crippen LogP contribution in [0.5, 0.6) is 0 Å². The maximum atomic E-state index is 12.9. The number of thioether (sulfide) groups is 2. The van der Waals surface area contributed by atoms with E-state index in [9.17, 15) is 4.79 Å². The second-order valence-corrected chi connectivity index (χ2v) is 8.76. The molecule has 3 nitrogen and oxygen atoms in total. The Bertz CT molecular complexity index is 1050. The zero-order valence-electron chi connectivity index (χ0n) is 14.3. The van der Waals surface area contributed by atoms with Crippen molar-refractivity contribution in [2.45, 2.75) is 20.3 Å². The molecule has 2 aliphatic rings. The summed E-state index contributed by atoms with van der Waals surface area (Å²) >= 11 is 3.36. The number of anilines is 1. The third kappa shape index (κ3) is 3.07. The number of fused-ring (bicyclic) bond motifs is 2. The molecule has 0 radical (unpaired) electrons. The first kappa shape index (κ1) is 16.7. The maximum Gasteiger partial charge on any atom is 0.239 e. The fourth-order valence-corrected chi connectivity index (χ4v) is 5.99. The number of hydrogen-bond acceptors (Lipinski definition) is 4. The molecule has 1 amide bonds. The molecular weight excluding hydrogens is 372 g/mol. The maximum absolute atomic E-state index is 12.9. The van der Waals surface area contributed by atoms with Crippen LogP contribution in [0.25, 0.3) is 0 Å². The molecule has 0 fully saturated rings. The smallest absolute Gasteiger partial charge is 0.239 e. The normalized spacial score (nSPS) is 20.9. The Hall–Kier alpha value is -2.50. The lowest BCUT2D eigenvalue weighted by molar-refractivity contribution is -0.115. The Balaban J connectivity index is 1.59. The second kappa shape index (κ2) is 6.91. The quantitative estimate of drug-likeness (QED) is 0.639. The molecule has 0 aliphatic carbocycles. The van der Waals surface area contributed by atoms with E-state index in [-0.39, 0.29) is 16.4 Å². The number of para-hydroxylation sites is 2. The first-order valence-electron chi connectivity index (χ1n) is 8.76. The van der Waals surface area contributed by atoms with Crippen molar-refractivity contribution in [2.75, 3.05) is 5.32 Å². The SMILES string of the molecule is O=C1Nc2ccccc2SC1C1Sc2ccccc2N=C1c1ccccc1. The molecule has 0 saturated carbocycles. The van der Waals surface area contributed by atoms with Crippen LogP contribution in [0, 0.1) is 0 Å². The molecule has 2 heterocycles. The minimum absolute atomic E-state index is 0.0409. The molecule has 3 aromatic carbocycles. The van der Waals surface area contributed by atoms with Gasteiger partial charge >= 0.3 is 0 Å². The van der Waals surface area contributed by atoms with Crippen LogP contribution in [0.1, 0.15) is 5.56 Å². The molecule has 2 aliphatic heterocycles. The number of rotatable bonds is 2. The van der Waals surface area contributed by atoms with Crippen LogP contribution in [0.15, 0.2) is 93.6 Å². The topological polar surface area (TPSA) is 41.5 Å². The van der Waals surface area contributed by atoms with E-state index < -0.39 is 0 Å². The van der Waals surface area contributed by atoms with Crippen molar-refractivity contribution in [1.82, 2.24) is 0 Å². The summed E-state index contributed by atoms with van der Waals surface area (Å²) in [5.74, 6) is 0.0409. The summed E-state index contributed by atoms with van der Waals surface area (Å²) in [7, 11) is 0. The van der Waals surface area contributed by atoms with Gasteiger partial charge in [-0.05, 0) is 29.8 Å². The van der Waals surface area contributed by atoms with Crippen molar-refractivity contribution >= 4 is 46.5 Å². The number of nitrogens with zero attached hydrogens (tertiary/aromatic N) is 1. The summed E-state index contributed by atoms with van der Waals surface area (Å²) in [5, 5.41) is 2.78. The molecule has 132 valence electrons. The molecule has 2 unspecified atom stereocenters. The van der Waals surface area contributed by atoms with E-state index in [2.05, 4.69) is 29.6 Å². The molecule has 27 heavy (non-hydrogen) atoms. The third-order valence-corrected chi connectivity index (χ3v) is 7.50. The lowest BCUT2D eigenvalue weighted by Gasteiger charge is -2.33. The van der Waals surface area contributed by atoms with E-state index in [1.54, 1.807) is 23.5 Å². The standard InChI is InChI=1S/C22H16N2OS2/c25-22-21(27-18-13-7-5-11-16(18)24-22)20-19(14-8-2-1-3-9-14)23-15-10-4-6-12-17(15)26-20/h1-13,20-21H,(H,24,25). The van der Waals surface area contributed by atoms with Crippen LogP contribution in [-0.2, 0) is 4.79 Å². The summed E-state index contributed by atoms with van der Waals surface area (Å²) in [6, 6.07) is 26.3. The van der Waals surface area contributed by atoms with E-state index in [4.69, 9.17) is 4.99 Å². The summed E-state index contributed by atoms with van der Waals surface area (Å²) in [6.45, 7) is 0. The van der Waals surface area contributed by atoms with Gasteiger partial charge in [0.1, 0.15) is 5.25 Å². The summed E-state index contributed by atoms with van der Waals surface area (Å²) < 4.78 is 0. The predicted octanol–water partition coefficient (Wildman–Crippen LogP) is 5.39. The molecule has 0 spiro atoms. The number of aliphatic imine (C=N–C) groups is 1. The first-order chi connectivity index (χ1) is 13.3. The Morgan fingerprint density at radius 3 is 2.26 bits per heavy atom. The summed E-state index contributed by atoms with van der Waals surface area (Å²) in [6.07, 6.45) is 0. The lowest BCUT2D eigenvalue weighted by atomic mass is 10.0. The van der Waals surface area contributed by atoms with Gasteiger partial charge in [0.2, 0.25) is 5.91 Å². The Morgan fingerprint density at radius 1 is 0.741 bits per heavy atom. The van der Waals surface area contributed by atoms with Gasteiger partial charge < -0.3 is 5.32 Å². The van der Waals surface area contributed by atoms with E-state index in [1.807, 2.05) is 54.6 Å². The van der Waals surface area contributed by atoms with E-state index in [1.165, 1.54) is 0 Å². The largest absolute Gasteiger partial charge is 0.324 e. The van der Waals surface area contributed by atoms with Crippen molar-refractivity contribution in [3.05, 3.63) is 84.4 Å². The fourth-order valence-electron chi connectivity index (χ4n) is 3.34. The van der Waals surface area contributed by atoms with E-state index in [0.717, 1.165) is 32.4 Å². The Morgan fingerprint density at radius 2 is 1.41 bits per heavy atom. The van der Waals surface area contributed by atoms with Gasteiger partial charge in [-0.2, -0.15) is 0 Å². The monoisotopic (exact) mass is 388 g/mol. The molecule has 0 bridgehead atoms. The van der Waals surface area contributed by atoms with Crippen molar-refractivity contribution in [2.24, 2.45) is 4.99 Å². The molecule has 0 saturated heterocycles. The van der Waals surface area contributed by atoms with Crippen LogP contribution in [0.4, 0.5) is 11.4 Å². The highest BCUT2D eigenvalue weighted by Gasteiger charge is 2.39. The van der Waals surface area contributed by atoms with Gasteiger partial charge in [-0.15, -0.1) is 23.5 Å². The van der Waals surface area contributed by atoms with Crippen LogP contribution in [0.2, 0.25) is 0 Å². The number of amides is 1. The fraction of sp³-hybridized carbons (Fsp3) is 0.0909. The number of nitrogens with one attached hydrogen (secondary N) is 1. The molecule has 3 aromatic rings. The van der Waals surface area contributed by atoms with Gasteiger partial charge in [0, 0.05) is 9.79 Å². The molecule has 0 aromatic heterocycles. The van der Waals surface area contributed by atoms with Crippen molar-refractivity contribution in [3.63, 3.8) is 0 Å². The Labute approximate surface area is 166 Å². The Kier molecular flexibility index (Phi) is 4.26. The lowest BCUT2D eigenvalue weighted by Crippen LogP contribution is -2.41. The minimum Gasteiger partial charge on any atom is -0.324 e. The van der Waals surface area contributed by atoms with Crippen molar-refractivity contribution < 1.29 is 4.79 Å². The average Bonchev–Trinajstić information content (AvgIpc) is 2.73. The van der Waals surface area contributed by atoms with Crippen LogP contribution < -0.4 is 5.32 Å². The van der Waals surface area contributed by atoms with E-state index >= 15 is 0 Å². The van der Waals surface area contributed by atoms with Gasteiger partial charge in [-0.25, -0.2) is 0 Å². The van der Waals surface area contributed by atoms with Gasteiger partial charge in [0.05, 0.1) is 22.3 Å². The van der Waals surface area contributed by atoms with Crippen LogP contribution in [-0.4, -0.2) is 22.1 Å². The molecule has 5 rings (SSSR count). The minimum atomic E-state index is -0.239. The van der Waals surface area contributed by atoms with Gasteiger partial charge in [0.25, 0.3) is 0 Å². The zero-order valence-corrected chi connectivity index (χ0v) is 16.0. The van der Waals surface area contributed by atoms with Gasteiger partial charge in [-0.3, -0.25) is 9.79 Å². The predicted molar refractivity (Wildman–Crippen MR) is 113 cm³/mol. The molecular formula is C22H16N2OS2. The highest BCUT2D eigenvalue weighted by atomic mass is 32.2. The highest BCUT2D eigenvalue weighted by molar-refractivity contribution is 8.05. The van der Waals surface area contributed by atoms with Crippen LogP contribution >= 0.6 is 23.5 Å². The highest BCUT2D eigenvalue weighted by Crippen LogP contribution is 2.46. The van der Waals surface area contributed by atoms with Gasteiger partial charge in [-0.1, -0.05) is 54.6 Å². The first-order valence-corrected chi connectivity index (χ1v) is 10.5.